The summed E-state index contributed by atoms with van der Waals surface area (Å²) in [6.07, 6.45) is 1.84. The molecule has 0 saturated heterocycles. The number of carbonyl (C=O) groups excluding carboxylic acids is 1. The predicted molar refractivity (Wildman–Crippen MR) is 98.3 cm³/mol. The number of hydrogen-bond acceptors (Lipinski definition) is 3. The highest BCUT2D eigenvalue weighted by Crippen LogP contribution is 2.31. The van der Waals surface area contributed by atoms with E-state index in [0.717, 1.165) is 22.1 Å². The average molecular weight is 337 g/mol. The molecule has 4 nitrogen and oxygen atoms in total. The first kappa shape index (κ1) is 16.3. The van der Waals surface area contributed by atoms with E-state index in [1.54, 1.807) is 6.92 Å². The third-order valence-corrected chi connectivity index (χ3v) is 4.86. The van der Waals surface area contributed by atoms with Gasteiger partial charge in [0, 0.05) is 11.3 Å². The highest BCUT2D eigenvalue weighted by Gasteiger charge is 2.18. The summed E-state index contributed by atoms with van der Waals surface area (Å²) in [5.41, 5.74) is 9.69. The molecule has 1 heterocycles. The van der Waals surface area contributed by atoms with Gasteiger partial charge >= 0.3 is 0 Å². The Balaban J connectivity index is 2.11. The number of imidazole rings is 1. The van der Waals surface area contributed by atoms with E-state index in [2.05, 4.69) is 40.7 Å². The van der Waals surface area contributed by atoms with Gasteiger partial charge in [0.1, 0.15) is 0 Å². The van der Waals surface area contributed by atoms with Crippen LogP contribution in [0.3, 0.4) is 0 Å². The molecular formula is C19H19N3OS. The molecule has 1 atom stereocenters. The number of rotatable bonds is 5. The lowest BCUT2D eigenvalue weighted by molar-refractivity contribution is -0.117. The van der Waals surface area contributed by atoms with Gasteiger partial charge in [-0.25, -0.2) is 4.98 Å². The summed E-state index contributed by atoms with van der Waals surface area (Å²) in [4.78, 5) is 16.0. The third-order valence-electron chi connectivity index (χ3n) is 3.77. The Bertz CT molecular complexity index is 841. The number of aromatic nitrogens is 2. The minimum absolute atomic E-state index is 0.347. The lowest BCUT2D eigenvalue weighted by Crippen LogP contribution is -2.23. The molecule has 0 radical (unpaired) electrons. The molecule has 0 spiro atoms. The standard InChI is InChI=1S/C19H19N3OS/c1-13-8-10-15(11-9-13)17-12-21-19(24-14(2)18(20)23)22(17)16-6-4-3-5-7-16/h3-12,14H,1-2H3,(H2,20,23). The van der Waals surface area contributed by atoms with E-state index in [0.29, 0.717) is 0 Å². The minimum atomic E-state index is -0.348. The van der Waals surface area contributed by atoms with Crippen molar-refractivity contribution in [2.75, 3.05) is 0 Å². The number of nitrogens with zero attached hydrogens (tertiary/aromatic N) is 2. The zero-order chi connectivity index (χ0) is 17.1. The van der Waals surface area contributed by atoms with E-state index in [1.165, 1.54) is 17.3 Å². The topological polar surface area (TPSA) is 60.9 Å². The maximum absolute atomic E-state index is 11.4. The molecule has 1 amide bonds. The Kier molecular flexibility index (Phi) is 4.71. The Labute approximate surface area is 145 Å². The Morgan fingerprint density at radius 1 is 1.12 bits per heavy atom. The summed E-state index contributed by atoms with van der Waals surface area (Å²) in [5.74, 6) is -0.348. The van der Waals surface area contributed by atoms with E-state index in [-0.39, 0.29) is 11.2 Å². The van der Waals surface area contributed by atoms with Crippen molar-refractivity contribution in [2.24, 2.45) is 5.73 Å². The van der Waals surface area contributed by atoms with Crippen LogP contribution in [0.15, 0.2) is 66.0 Å². The molecule has 1 aromatic heterocycles. The Hall–Kier alpha value is -2.53. The van der Waals surface area contributed by atoms with Crippen molar-refractivity contribution in [3.05, 3.63) is 66.4 Å². The average Bonchev–Trinajstić information content (AvgIpc) is 2.99. The molecule has 2 N–H and O–H groups in total. The number of primary amides is 1. The molecule has 0 saturated carbocycles. The number of thioether (sulfide) groups is 1. The van der Waals surface area contributed by atoms with E-state index in [9.17, 15) is 4.79 Å². The van der Waals surface area contributed by atoms with E-state index in [1.807, 2.05) is 36.5 Å². The number of carbonyl (C=O) groups is 1. The second kappa shape index (κ2) is 6.93. The van der Waals surface area contributed by atoms with Crippen molar-refractivity contribution in [2.45, 2.75) is 24.3 Å². The molecule has 3 rings (SSSR count). The predicted octanol–water partition coefficient (Wildman–Crippen LogP) is 3.81. The lowest BCUT2D eigenvalue weighted by atomic mass is 10.1. The maximum Gasteiger partial charge on any atom is 0.230 e. The van der Waals surface area contributed by atoms with Gasteiger partial charge in [-0.05, 0) is 26.0 Å². The summed E-state index contributed by atoms with van der Waals surface area (Å²) in [6, 6.07) is 18.3. The fourth-order valence-electron chi connectivity index (χ4n) is 2.39. The smallest absolute Gasteiger partial charge is 0.230 e. The van der Waals surface area contributed by atoms with Crippen molar-refractivity contribution >= 4 is 17.7 Å². The van der Waals surface area contributed by atoms with Crippen LogP contribution in [0, 0.1) is 6.92 Å². The van der Waals surface area contributed by atoms with Crippen LogP contribution >= 0.6 is 11.8 Å². The molecule has 2 aromatic carbocycles. The summed E-state index contributed by atoms with van der Waals surface area (Å²) in [6.45, 7) is 3.86. The Morgan fingerprint density at radius 3 is 2.42 bits per heavy atom. The van der Waals surface area contributed by atoms with Crippen LogP contribution in [0.1, 0.15) is 12.5 Å². The molecule has 0 aliphatic heterocycles. The highest BCUT2D eigenvalue weighted by molar-refractivity contribution is 8.00. The summed E-state index contributed by atoms with van der Waals surface area (Å²) >= 11 is 1.37. The number of hydrogen-bond donors (Lipinski definition) is 1. The highest BCUT2D eigenvalue weighted by atomic mass is 32.2. The van der Waals surface area contributed by atoms with Crippen molar-refractivity contribution < 1.29 is 4.79 Å². The van der Waals surface area contributed by atoms with Crippen LogP contribution in [0.25, 0.3) is 16.9 Å². The summed E-state index contributed by atoms with van der Waals surface area (Å²) in [5, 5.41) is 0.406. The molecule has 0 aliphatic rings. The molecule has 5 heteroatoms. The number of benzene rings is 2. The van der Waals surface area contributed by atoms with Gasteiger partial charge in [0.15, 0.2) is 5.16 Å². The zero-order valence-electron chi connectivity index (χ0n) is 13.6. The van der Waals surface area contributed by atoms with E-state index < -0.39 is 0 Å². The lowest BCUT2D eigenvalue weighted by Gasteiger charge is -2.13. The minimum Gasteiger partial charge on any atom is -0.369 e. The molecule has 1 unspecified atom stereocenters. The first-order valence-corrected chi connectivity index (χ1v) is 8.60. The fraction of sp³-hybridized carbons (Fsp3) is 0.158. The van der Waals surface area contributed by atoms with Gasteiger partial charge in [-0.2, -0.15) is 0 Å². The van der Waals surface area contributed by atoms with Gasteiger partial charge in [0.05, 0.1) is 17.1 Å². The normalized spacial score (nSPS) is 12.1. The fourth-order valence-corrected chi connectivity index (χ4v) is 3.24. The number of para-hydroxylation sites is 1. The monoisotopic (exact) mass is 337 g/mol. The van der Waals surface area contributed by atoms with Crippen LogP contribution in [0.2, 0.25) is 0 Å². The summed E-state index contributed by atoms with van der Waals surface area (Å²) < 4.78 is 2.06. The molecule has 0 fully saturated rings. The van der Waals surface area contributed by atoms with Gasteiger partial charge in [-0.1, -0.05) is 59.8 Å². The van der Waals surface area contributed by atoms with Crippen LogP contribution in [0.5, 0.6) is 0 Å². The maximum atomic E-state index is 11.4. The van der Waals surface area contributed by atoms with Gasteiger partial charge in [0.25, 0.3) is 0 Å². The molecule has 0 aliphatic carbocycles. The zero-order valence-corrected chi connectivity index (χ0v) is 14.5. The number of nitrogens with two attached hydrogens (primary N) is 1. The Morgan fingerprint density at radius 2 is 1.79 bits per heavy atom. The van der Waals surface area contributed by atoms with Crippen LogP contribution in [-0.4, -0.2) is 20.7 Å². The van der Waals surface area contributed by atoms with Crippen molar-refractivity contribution in [1.29, 1.82) is 0 Å². The van der Waals surface area contributed by atoms with E-state index >= 15 is 0 Å². The quantitative estimate of drug-likeness (QED) is 0.720. The molecular weight excluding hydrogens is 318 g/mol. The van der Waals surface area contributed by atoms with Crippen molar-refractivity contribution in [1.82, 2.24) is 9.55 Å². The van der Waals surface area contributed by atoms with Crippen molar-refractivity contribution in [3.63, 3.8) is 0 Å². The SMILES string of the molecule is Cc1ccc(-c2cnc(SC(C)C(N)=O)n2-c2ccccc2)cc1. The van der Waals surface area contributed by atoms with E-state index in [4.69, 9.17) is 5.73 Å². The number of amides is 1. The van der Waals surface area contributed by atoms with Crippen LogP contribution in [-0.2, 0) is 4.79 Å². The van der Waals surface area contributed by atoms with Crippen molar-refractivity contribution in [3.8, 4) is 16.9 Å². The van der Waals surface area contributed by atoms with Crippen LogP contribution < -0.4 is 5.73 Å². The largest absolute Gasteiger partial charge is 0.369 e. The second-order valence-electron chi connectivity index (χ2n) is 5.63. The van der Waals surface area contributed by atoms with Gasteiger partial charge < -0.3 is 5.73 Å². The van der Waals surface area contributed by atoms with Gasteiger partial charge in [-0.15, -0.1) is 0 Å². The molecule has 0 bridgehead atoms. The first-order chi connectivity index (χ1) is 11.6. The first-order valence-electron chi connectivity index (χ1n) is 7.72. The second-order valence-corrected chi connectivity index (χ2v) is 6.93. The molecule has 3 aromatic rings. The van der Waals surface area contributed by atoms with Gasteiger partial charge in [-0.3, -0.25) is 9.36 Å². The summed E-state index contributed by atoms with van der Waals surface area (Å²) in [7, 11) is 0. The van der Waals surface area contributed by atoms with Gasteiger partial charge in [0.2, 0.25) is 5.91 Å². The van der Waals surface area contributed by atoms with Crippen LogP contribution in [0.4, 0.5) is 0 Å². The number of aryl methyl sites for hydroxylation is 1. The third kappa shape index (κ3) is 3.36. The molecule has 122 valence electrons. The molecule has 24 heavy (non-hydrogen) atoms.